The minimum atomic E-state index is 0.504. The lowest BCUT2D eigenvalue weighted by molar-refractivity contribution is 0.144. The summed E-state index contributed by atoms with van der Waals surface area (Å²) < 4.78 is 1.80. The summed E-state index contributed by atoms with van der Waals surface area (Å²) in [5, 5.41) is 8.79. The van der Waals surface area contributed by atoms with Crippen LogP contribution in [0.1, 0.15) is 32.5 Å². The van der Waals surface area contributed by atoms with Crippen molar-refractivity contribution >= 4 is 16.9 Å². The van der Waals surface area contributed by atoms with Crippen LogP contribution < -0.4 is 5.32 Å². The SMILES string of the molecule is Cc1nc(NC[C@H](C)N2CCC[C@@H](C)C2)c2cnn(C)c2n1. The fourth-order valence-electron chi connectivity index (χ4n) is 3.27. The van der Waals surface area contributed by atoms with Crippen LogP contribution in [0.5, 0.6) is 0 Å². The van der Waals surface area contributed by atoms with Crippen LogP contribution in [-0.4, -0.2) is 50.3 Å². The van der Waals surface area contributed by atoms with E-state index in [1.165, 1.54) is 25.9 Å². The predicted octanol–water partition coefficient (Wildman–Crippen LogP) is 2.20. The number of nitrogens with one attached hydrogen (secondary N) is 1. The second kappa shape index (κ2) is 6.20. The van der Waals surface area contributed by atoms with Crippen LogP contribution in [0.3, 0.4) is 0 Å². The Morgan fingerprint density at radius 2 is 2.23 bits per heavy atom. The Labute approximate surface area is 131 Å². The summed E-state index contributed by atoms with van der Waals surface area (Å²) in [5.41, 5.74) is 0.884. The van der Waals surface area contributed by atoms with E-state index in [1.807, 2.05) is 20.2 Å². The van der Waals surface area contributed by atoms with Gasteiger partial charge in [0, 0.05) is 26.2 Å². The number of aromatic nitrogens is 4. The molecule has 6 heteroatoms. The Bertz CT molecular complexity index is 649. The number of anilines is 1. The van der Waals surface area contributed by atoms with Gasteiger partial charge in [0.25, 0.3) is 0 Å². The molecule has 1 saturated heterocycles. The Hall–Kier alpha value is -1.69. The molecular formula is C16H26N6. The zero-order valence-corrected chi connectivity index (χ0v) is 14.0. The lowest BCUT2D eigenvalue weighted by Crippen LogP contribution is -2.43. The summed E-state index contributed by atoms with van der Waals surface area (Å²) >= 11 is 0. The first-order valence-corrected chi connectivity index (χ1v) is 8.19. The zero-order valence-electron chi connectivity index (χ0n) is 14.0. The molecule has 0 amide bonds. The standard InChI is InChI=1S/C16H26N6/c1-11-6-5-7-22(10-11)12(2)8-17-15-14-9-18-21(4)16(14)20-13(3)19-15/h9,11-12H,5-8,10H2,1-4H3,(H,17,19,20)/t11-,12+/m1/s1. The molecule has 0 aliphatic carbocycles. The average molecular weight is 302 g/mol. The van der Waals surface area contributed by atoms with Crippen LogP contribution in [0.4, 0.5) is 5.82 Å². The number of fused-ring (bicyclic) bond motifs is 1. The molecule has 0 saturated carbocycles. The number of hydrogen-bond donors (Lipinski definition) is 1. The molecule has 22 heavy (non-hydrogen) atoms. The Balaban J connectivity index is 1.71. The Morgan fingerprint density at radius 1 is 1.41 bits per heavy atom. The minimum Gasteiger partial charge on any atom is -0.368 e. The second-order valence-electron chi connectivity index (χ2n) is 6.60. The number of likely N-dealkylation sites (tertiary alicyclic amines) is 1. The summed E-state index contributed by atoms with van der Waals surface area (Å²) in [6, 6.07) is 0.504. The molecule has 1 fully saturated rings. The van der Waals surface area contributed by atoms with Gasteiger partial charge in [-0.25, -0.2) is 9.97 Å². The smallest absolute Gasteiger partial charge is 0.163 e. The lowest BCUT2D eigenvalue weighted by Gasteiger charge is -2.35. The van der Waals surface area contributed by atoms with E-state index < -0.39 is 0 Å². The Kier molecular flexibility index (Phi) is 4.29. The van der Waals surface area contributed by atoms with Crippen molar-refractivity contribution in [2.24, 2.45) is 13.0 Å². The first-order valence-electron chi connectivity index (χ1n) is 8.19. The van der Waals surface area contributed by atoms with Crippen LogP contribution in [0.2, 0.25) is 0 Å². The van der Waals surface area contributed by atoms with Crippen molar-refractivity contribution in [2.75, 3.05) is 25.0 Å². The van der Waals surface area contributed by atoms with Gasteiger partial charge in [-0.05, 0) is 39.2 Å². The second-order valence-corrected chi connectivity index (χ2v) is 6.60. The summed E-state index contributed by atoms with van der Waals surface area (Å²) in [6.07, 6.45) is 4.51. The molecule has 3 rings (SSSR count). The summed E-state index contributed by atoms with van der Waals surface area (Å²) in [5.74, 6) is 2.48. The van der Waals surface area contributed by atoms with Gasteiger partial charge in [0.1, 0.15) is 11.6 Å². The fourth-order valence-corrected chi connectivity index (χ4v) is 3.27. The van der Waals surface area contributed by atoms with Crippen LogP contribution in [0.15, 0.2) is 6.20 Å². The molecule has 0 aromatic carbocycles. The van der Waals surface area contributed by atoms with Crippen molar-refractivity contribution in [3.05, 3.63) is 12.0 Å². The van der Waals surface area contributed by atoms with Crippen molar-refractivity contribution in [1.82, 2.24) is 24.6 Å². The van der Waals surface area contributed by atoms with Gasteiger partial charge in [-0.15, -0.1) is 0 Å². The molecule has 1 N–H and O–H groups in total. The van der Waals surface area contributed by atoms with Crippen LogP contribution >= 0.6 is 0 Å². The van der Waals surface area contributed by atoms with Gasteiger partial charge < -0.3 is 5.32 Å². The van der Waals surface area contributed by atoms with Crippen molar-refractivity contribution in [2.45, 2.75) is 39.7 Å². The van der Waals surface area contributed by atoms with Gasteiger partial charge in [-0.1, -0.05) is 6.92 Å². The van der Waals surface area contributed by atoms with E-state index in [-0.39, 0.29) is 0 Å². The monoisotopic (exact) mass is 302 g/mol. The van der Waals surface area contributed by atoms with E-state index in [2.05, 4.69) is 39.1 Å². The maximum atomic E-state index is 4.55. The normalized spacial score (nSPS) is 21.2. The van der Waals surface area contributed by atoms with Crippen molar-refractivity contribution < 1.29 is 0 Å². The highest BCUT2D eigenvalue weighted by Gasteiger charge is 2.21. The third kappa shape index (κ3) is 3.06. The van der Waals surface area contributed by atoms with Crippen LogP contribution in [-0.2, 0) is 7.05 Å². The number of hydrogen-bond acceptors (Lipinski definition) is 5. The summed E-state index contributed by atoms with van der Waals surface area (Å²) in [4.78, 5) is 11.6. The van der Waals surface area contributed by atoms with Gasteiger partial charge in [-0.2, -0.15) is 5.10 Å². The maximum Gasteiger partial charge on any atom is 0.163 e. The molecule has 2 aromatic heterocycles. The zero-order chi connectivity index (χ0) is 15.7. The number of aryl methyl sites for hydroxylation is 2. The van der Waals surface area contributed by atoms with E-state index in [4.69, 9.17) is 0 Å². The van der Waals surface area contributed by atoms with E-state index in [1.54, 1.807) is 4.68 Å². The van der Waals surface area contributed by atoms with Crippen LogP contribution in [0.25, 0.3) is 11.0 Å². The predicted molar refractivity (Wildman–Crippen MR) is 89.0 cm³/mol. The molecule has 120 valence electrons. The van der Waals surface area contributed by atoms with Gasteiger partial charge in [0.05, 0.1) is 11.6 Å². The molecular weight excluding hydrogens is 276 g/mol. The number of rotatable bonds is 4. The molecule has 1 aliphatic heterocycles. The van der Waals surface area contributed by atoms with Crippen molar-refractivity contribution in [3.8, 4) is 0 Å². The average Bonchev–Trinajstić information content (AvgIpc) is 2.86. The molecule has 2 aromatic rings. The quantitative estimate of drug-likeness (QED) is 0.938. The highest BCUT2D eigenvalue weighted by Crippen LogP contribution is 2.21. The van der Waals surface area contributed by atoms with Crippen molar-refractivity contribution in [1.29, 1.82) is 0 Å². The van der Waals surface area contributed by atoms with Gasteiger partial charge in [0.2, 0.25) is 0 Å². The lowest BCUT2D eigenvalue weighted by atomic mass is 9.99. The van der Waals surface area contributed by atoms with Gasteiger partial charge in [-0.3, -0.25) is 9.58 Å². The molecule has 1 aliphatic rings. The van der Waals surface area contributed by atoms with Crippen LogP contribution in [0, 0.1) is 12.8 Å². The van der Waals surface area contributed by atoms with Gasteiger partial charge >= 0.3 is 0 Å². The first-order chi connectivity index (χ1) is 10.5. The van der Waals surface area contributed by atoms with E-state index in [0.29, 0.717) is 6.04 Å². The molecule has 0 radical (unpaired) electrons. The van der Waals surface area contributed by atoms with E-state index in [9.17, 15) is 0 Å². The molecule has 0 unspecified atom stereocenters. The van der Waals surface area contributed by atoms with E-state index in [0.717, 1.165) is 35.1 Å². The maximum absolute atomic E-state index is 4.55. The summed E-state index contributed by atoms with van der Waals surface area (Å²) in [7, 11) is 1.91. The van der Waals surface area contributed by atoms with E-state index >= 15 is 0 Å². The topological polar surface area (TPSA) is 58.9 Å². The fraction of sp³-hybridized carbons (Fsp3) is 0.688. The third-order valence-electron chi connectivity index (χ3n) is 4.58. The number of piperidine rings is 1. The highest BCUT2D eigenvalue weighted by molar-refractivity contribution is 5.86. The molecule has 3 heterocycles. The molecule has 2 atom stereocenters. The van der Waals surface area contributed by atoms with Gasteiger partial charge in [0.15, 0.2) is 5.65 Å². The molecule has 0 spiro atoms. The largest absolute Gasteiger partial charge is 0.368 e. The first kappa shape index (κ1) is 15.2. The minimum absolute atomic E-state index is 0.504. The molecule has 0 bridgehead atoms. The third-order valence-corrected chi connectivity index (χ3v) is 4.58. The molecule has 6 nitrogen and oxygen atoms in total. The number of nitrogens with zero attached hydrogens (tertiary/aromatic N) is 5. The highest BCUT2D eigenvalue weighted by atomic mass is 15.3. The summed E-state index contributed by atoms with van der Waals surface area (Å²) in [6.45, 7) is 9.87. The Morgan fingerprint density at radius 3 is 3.00 bits per heavy atom. The van der Waals surface area contributed by atoms with Crippen molar-refractivity contribution in [3.63, 3.8) is 0 Å².